The van der Waals surface area contributed by atoms with Crippen LogP contribution in [0.25, 0.3) is 0 Å². The standard InChI is InChI=1S/C20H25N5O4/c1-3-29-20(27)14-5-4-10-25(11-14)18-16(21)17(22-12-23-18)24-15-8-6-13(7-9-15)19(26)28-2/h6-9,12,14H,3-5,10-11,21H2,1-2H3,(H,22,23,24). The Morgan fingerprint density at radius 3 is 2.72 bits per heavy atom. The van der Waals surface area contributed by atoms with Gasteiger partial charge in [0.05, 0.1) is 25.2 Å². The molecule has 9 nitrogen and oxygen atoms in total. The third-order valence-electron chi connectivity index (χ3n) is 4.77. The molecule has 1 aliphatic heterocycles. The zero-order valence-corrected chi connectivity index (χ0v) is 16.6. The zero-order chi connectivity index (χ0) is 20.8. The third kappa shape index (κ3) is 4.74. The molecular weight excluding hydrogens is 374 g/mol. The maximum Gasteiger partial charge on any atom is 0.337 e. The molecule has 2 aromatic rings. The zero-order valence-electron chi connectivity index (χ0n) is 16.6. The lowest BCUT2D eigenvalue weighted by Crippen LogP contribution is -2.40. The molecule has 1 unspecified atom stereocenters. The minimum absolute atomic E-state index is 0.186. The Hall–Kier alpha value is -3.36. The Morgan fingerprint density at radius 1 is 1.28 bits per heavy atom. The molecule has 0 aliphatic carbocycles. The van der Waals surface area contributed by atoms with Gasteiger partial charge in [-0.1, -0.05) is 0 Å². The lowest BCUT2D eigenvalue weighted by atomic mass is 9.98. The van der Waals surface area contributed by atoms with Gasteiger partial charge in [-0.15, -0.1) is 0 Å². The van der Waals surface area contributed by atoms with Crippen LogP contribution in [0, 0.1) is 5.92 Å². The van der Waals surface area contributed by atoms with Crippen LogP contribution in [0.15, 0.2) is 30.6 Å². The molecule has 0 bridgehead atoms. The van der Waals surface area contributed by atoms with E-state index in [9.17, 15) is 9.59 Å². The summed E-state index contributed by atoms with van der Waals surface area (Å²) in [5, 5.41) is 3.14. The van der Waals surface area contributed by atoms with Crippen LogP contribution in [0.5, 0.6) is 0 Å². The van der Waals surface area contributed by atoms with Crippen molar-refractivity contribution in [2.24, 2.45) is 5.92 Å². The van der Waals surface area contributed by atoms with E-state index < -0.39 is 5.97 Å². The summed E-state index contributed by atoms with van der Waals surface area (Å²) in [6.07, 6.45) is 3.08. The van der Waals surface area contributed by atoms with E-state index in [2.05, 4.69) is 15.3 Å². The van der Waals surface area contributed by atoms with Crippen LogP contribution >= 0.6 is 0 Å². The van der Waals surface area contributed by atoms with Crippen molar-refractivity contribution < 1.29 is 19.1 Å². The van der Waals surface area contributed by atoms with Gasteiger partial charge in [-0.05, 0) is 44.0 Å². The largest absolute Gasteiger partial charge is 0.466 e. The predicted octanol–water partition coefficient (Wildman–Crippen LogP) is 2.37. The van der Waals surface area contributed by atoms with Crippen LogP contribution < -0.4 is 16.0 Å². The smallest absolute Gasteiger partial charge is 0.337 e. The first-order valence-electron chi connectivity index (χ1n) is 9.51. The van der Waals surface area contributed by atoms with Gasteiger partial charge in [0.2, 0.25) is 0 Å². The second-order valence-electron chi connectivity index (χ2n) is 6.69. The maximum atomic E-state index is 12.1. The highest BCUT2D eigenvalue weighted by molar-refractivity contribution is 5.90. The van der Waals surface area contributed by atoms with Crippen molar-refractivity contribution in [2.75, 3.05) is 42.8 Å². The molecule has 0 spiro atoms. The number of nitrogen functional groups attached to an aromatic ring is 1. The van der Waals surface area contributed by atoms with Gasteiger partial charge >= 0.3 is 11.9 Å². The highest BCUT2D eigenvalue weighted by atomic mass is 16.5. The average molecular weight is 399 g/mol. The van der Waals surface area contributed by atoms with Crippen molar-refractivity contribution in [3.8, 4) is 0 Å². The number of carbonyl (C=O) groups is 2. The van der Waals surface area contributed by atoms with Crippen LogP contribution in [-0.2, 0) is 14.3 Å². The molecule has 9 heteroatoms. The third-order valence-corrected chi connectivity index (χ3v) is 4.77. The van der Waals surface area contributed by atoms with Gasteiger partial charge in [-0.25, -0.2) is 14.8 Å². The Kier molecular flexibility index (Phi) is 6.48. The van der Waals surface area contributed by atoms with Crippen molar-refractivity contribution in [2.45, 2.75) is 19.8 Å². The van der Waals surface area contributed by atoms with E-state index >= 15 is 0 Å². The molecule has 3 rings (SSSR count). The van der Waals surface area contributed by atoms with E-state index in [1.54, 1.807) is 31.2 Å². The van der Waals surface area contributed by atoms with E-state index in [1.807, 2.05) is 4.90 Å². The Morgan fingerprint density at radius 2 is 2.03 bits per heavy atom. The Balaban J connectivity index is 1.75. The first kappa shape index (κ1) is 20.4. The van der Waals surface area contributed by atoms with E-state index in [4.69, 9.17) is 15.2 Å². The summed E-state index contributed by atoms with van der Waals surface area (Å²) in [4.78, 5) is 34.2. The molecule has 1 aromatic carbocycles. The van der Waals surface area contributed by atoms with Gasteiger partial charge in [0, 0.05) is 18.8 Å². The molecule has 154 valence electrons. The summed E-state index contributed by atoms with van der Waals surface area (Å²) in [6.45, 7) is 3.43. The number of piperidine rings is 1. The van der Waals surface area contributed by atoms with Crippen LogP contribution in [0.3, 0.4) is 0 Å². The number of hydrogen-bond acceptors (Lipinski definition) is 9. The number of methoxy groups -OCH3 is 1. The van der Waals surface area contributed by atoms with Crippen molar-refractivity contribution in [3.05, 3.63) is 36.2 Å². The molecule has 2 heterocycles. The van der Waals surface area contributed by atoms with E-state index in [-0.39, 0.29) is 11.9 Å². The summed E-state index contributed by atoms with van der Waals surface area (Å²) in [5.74, 6) is 0.262. The molecule has 1 atom stereocenters. The second kappa shape index (κ2) is 9.22. The molecule has 1 fully saturated rings. The quantitative estimate of drug-likeness (QED) is 0.705. The number of nitrogens with one attached hydrogen (secondary N) is 1. The molecule has 3 N–H and O–H groups in total. The number of esters is 2. The number of aromatic nitrogens is 2. The molecule has 0 saturated carbocycles. The van der Waals surface area contributed by atoms with Crippen LogP contribution in [0.4, 0.5) is 23.0 Å². The highest BCUT2D eigenvalue weighted by Gasteiger charge is 2.29. The summed E-state index contributed by atoms with van der Waals surface area (Å²) >= 11 is 0. The fraction of sp³-hybridized carbons (Fsp3) is 0.400. The van der Waals surface area contributed by atoms with Crippen molar-refractivity contribution in [1.82, 2.24) is 9.97 Å². The van der Waals surface area contributed by atoms with Gasteiger partial charge < -0.3 is 25.4 Å². The van der Waals surface area contributed by atoms with Crippen LogP contribution in [0.2, 0.25) is 0 Å². The minimum atomic E-state index is -0.401. The fourth-order valence-corrected chi connectivity index (χ4v) is 3.30. The van der Waals surface area contributed by atoms with Crippen molar-refractivity contribution in [1.29, 1.82) is 0 Å². The number of rotatable bonds is 6. The average Bonchev–Trinajstić information content (AvgIpc) is 2.75. The van der Waals surface area contributed by atoms with Gasteiger partial charge in [0.15, 0.2) is 11.6 Å². The van der Waals surface area contributed by atoms with Crippen molar-refractivity contribution in [3.63, 3.8) is 0 Å². The normalized spacial score (nSPS) is 16.2. The van der Waals surface area contributed by atoms with E-state index in [0.717, 1.165) is 25.1 Å². The van der Waals surface area contributed by atoms with Crippen molar-refractivity contribution >= 4 is 34.9 Å². The number of nitrogens with zero attached hydrogens (tertiary/aromatic N) is 3. The monoisotopic (exact) mass is 399 g/mol. The molecule has 1 saturated heterocycles. The predicted molar refractivity (Wildman–Crippen MR) is 109 cm³/mol. The summed E-state index contributed by atoms with van der Waals surface area (Å²) in [6, 6.07) is 6.79. The highest BCUT2D eigenvalue weighted by Crippen LogP contribution is 2.31. The van der Waals surface area contributed by atoms with Gasteiger partial charge in [0.1, 0.15) is 12.0 Å². The summed E-state index contributed by atoms with van der Waals surface area (Å²) in [7, 11) is 1.34. The Labute approximate surface area is 169 Å². The first-order chi connectivity index (χ1) is 14.0. The number of carbonyl (C=O) groups excluding carboxylic acids is 2. The van der Waals surface area contributed by atoms with Gasteiger partial charge in [0.25, 0.3) is 0 Å². The van der Waals surface area contributed by atoms with Crippen LogP contribution in [-0.4, -0.2) is 48.7 Å². The summed E-state index contributed by atoms with van der Waals surface area (Å²) in [5.41, 5.74) is 7.89. The van der Waals surface area contributed by atoms with E-state index in [1.165, 1.54) is 13.4 Å². The second-order valence-corrected chi connectivity index (χ2v) is 6.69. The molecule has 1 aromatic heterocycles. The van der Waals surface area contributed by atoms with E-state index in [0.29, 0.717) is 36.0 Å². The number of benzene rings is 1. The van der Waals surface area contributed by atoms with Gasteiger partial charge in [-0.2, -0.15) is 0 Å². The summed E-state index contributed by atoms with van der Waals surface area (Å²) < 4.78 is 9.86. The topological polar surface area (TPSA) is 120 Å². The minimum Gasteiger partial charge on any atom is -0.466 e. The number of nitrogens with two attached hydrogens (primary N) is 1. The molecule has 1 aliphatic rings. The maximum absolute atomic E-state index is 12.1. The van der Waals surface area contributed by atoms with Gasteiger partial charge in [-0.3, -0.25) is 4.79 Å². The number of anilines is 4. The first-order valence-corrected chi connectivity index (χ1v) is 9.51. The SMILES string of the molecule is CCOC(=O)C1CCCN(c2ncnc(Nc3ccc(C(=O)OC)cc3)c2N)C1. The van der Waals surface area contributed by atoms with Crippen LogP contribution in [0.1, 0.15) is 30.1 Å². The fourth-order valence-electron chi connectivity index (χ4n) is 3.30. The Bertz CT molecular complexity index is 872. The molecule has 0 amide bonds. The number of ether oxygens (including phenoxy) is 2. The lowest BCUT2D eigenvalue weighted by Gasteiger charge is -2.33. The molecular formula is C20H25N5O4. The number of hydrogen-bond donors (Lipinski definition) is 2. The molecule has 0 radical (unpaired) electrons. The molecule has 29 heavy (non-hydrogen) atoms. The lowest BCUT2D eigenvalue weighted by molar-refractivity contribution is -0.148.